The molecule has 0 radical (unpaired) electrons. The van der Waals surface area contributed by atoms with Crippen LogP contribution in [0.25, 0.3) is 0 Å². The minimum Gasteiger partial charge on any atom is -0.207 e. The summed E-state index contributed by atoms with van der Waals surface area (Å²) in [6.07, 6.45) is 0. The highest BCUT2D eigenvalue weighted by Crippen LogP contribution is 2.20. The van der Waals surface area contributed by atoms with Crippen molar-refractivity contribution in [3.8, 4) is 0 Å². The molecule has 0 aliphatic carbocycles. The van der Waals surface area contributed by atoms with Gasteiger partial charge in [-0.2, -0.15) is 0 Å². The molecule has 0 aliphatic rings. The Labute approximate surface area is 96.7 Å². The first-order valence-corrected chi connectivity index (χ1v) is 7.52. The van der Waals surface area contributed by atoms with Gasteiger partial charge >= 0.3 is 0 Å². The first-order valence-electron chi connectivity index (χ1n) is 4.10. The van der Waals surface area contributed by atoms with E-state index in [0.717, 1.165) is 4.88 Å². The summed E-state index contributed by atoms with van der Waals surface area (Å²) in [5.41, 5.74) is 0. The second kappa shape index (κ2) is 4.74. The van der Waals surface area contributed by atoms with Crippen molar-refractivity contribution in [2.75, 3.05) is 5.33 Å². The lowest BCUT2D eigenvalue weighted by Gasteiger charge is -2.09. The summed E-state index contributed by atoms with van der Waals surface area (Å²) < 4.78 is 26.3. The Morgan fingerprint density at radius 3 is 2.64 bits per heavy atom. The van der Waals surface area contributed by atoms with Gasteiger partial charge in [-0.15, -0.1) is 11.3 Å². The van der Waals surface area contributed by atoms with Gasteiger partial charge in [0.1, 0.15) is 4.21 Å². The third-order valence-electron chi connectivity index (χ3n) is 1.57. The third kappa shape index (κ3) is 3.05. The van der Waals surface area contributed by atoms with E-state index in [1.807, 2.05) is 13.8 Å². The number of aryl methyl sites for hydroxylation is 1. The van der Waals surface area contributed by atoms with Crippen LogP contribution in [0, 0.1) is 6.92 Å². The van der Waals surface area contributed by atoms with E-state index < -0.39 is 10.0 Å². The molecule has 0 saturated heterocycles. The Balaban J connectivity index is 2.86. The van der Waals surface area contributed by atoms with Crippen LogP contribution in [0.5, 0.6) is 0 Å². The molecule has 1 aromatic heterocycles. The van der Waals surface area contributed by atoms with Crippen LogP contribution in [0.3, 0.4) is 0 Å². The molecule has 14 heavy (non-hydrogen) atoms. The van der Waals surface area contributed by atoms with Crippen LogP contribution in [0.2, 0.25) is 0 Å². The third-order valence-corrected chi connectivity index (χ3v) is 5.62. The van der Waals surface area contributed by atoms with Crippen molar-refractivity contribution < 1.29 is 8.42 Å². The number of sulfonamides is 1. The van der Waals surface area contributed by atoms with Gasteiger partial charge in [-0.1, -0.05) is 15.9 Å². The van der Waals surface area contributed by atoms with E-state index in [9.17, 15) is 8.42 Å². The zero-order valence-electron chi connectivity index (χ0n) is 7.95. The van der Waals surface area contributed by atoms with E-state index >= 15 is 0 Å². The fourth-order valence-electron chi connectivity index (χ4n) is 0.911. The maximum atomic E-state index is 11.7. The van der Waals surface area contributed by atoms with Gasteiger partial charge in [0.15, 0.2) is 0 Å². The van der Waals surface area contributed by atoms with Gasteiger partial charge in [-0.25, -0.2) is 13.1 Å². The molecule has 3 nitrogen and oxygen atoms in total. The van der Waals surface area contributed by atoms with Crippen molar-refractivity contribution in [3.63, 3.8) is 0 Å². The van der Waals surface area contributed by atoms with E-state index in [-0.39, 0.29) is 6.04 Å². The summed E-state index contributed by atoms with van der Waals surface area (Å²) in [7, 11) is -3.31. The second-order valence-electron chi connectivity index (χ2n) is 3.04. The van der Waals surface area contributed by atoms with Gasteiger partial charge in [0, 0.05) is 16.2 Å². The normalized spacial score (nSPS) is 14.2. The second-order valence-corrected chi connectivity index (χ2v) is 6.92. The molecular weight excluding hydrogens is 286 g/mol. The van der Waals surface area contributed by atoms with Gasteiger partial charge in [-0.05, 0) is 26.0 Å². The number of nitrogens with one attached hydrogen (secondary N) is 1. The molecule has 1 aromatic rings. The van der Waals surface area contributed by atoms with Gasteiger partial charge in [0.2, 0.25) is 10.0 Å². The molecule has 0 aromatic carbocycles. The summed E-state index contributed by atoms with van der Waals surface area (Å²) in [5.74, 6) is 0. The molecular formula is C8H12BrNO2S2. The number of rotatable bonds is 4. The van der Waals surface area contributed by atoms with Crippen molar-refractivity contribution in [1.29, 1.82) is 0 Å². The van der Waals surface area contributed by atoms with Crippen LogP contribution >= 0.6 is 27.3 Å². The molecule has 0 amide bonds. The number of hydrogen-bond donors (Lipinski definition) is 1. The van der Waals surface area contributed by atoms with Gasteiger partial charge < -0.3 is 0 Å². The van der Waals surface area contributed by atoms with E-state index in [1.54, 1.807) is 12.1 Å². The summed E-state index contributed by atoms with van der Waals surface area (Å²) >= 11 is 4.50. The Bertz CT molecular complexity index is 399. The van der Waals surface area contributed by atoms with Crippen molar-refractivity contribution in [3.05, 3.63) is 17.0 Å². The fourth-order valence-corrected chi connectivity index (χ4v) is 3.83. The van der Waals surface area contributed by atoms with Crippen LogP contribution < -0.4 is 4.72 Å². The van der Waals surface area contributed by atoms with Crippen molar-refractivity contribution in [2.24, 2.45) is 0 Å². The van der Waals surface area contributed by atoms with Crippen LogP contribution in [0.15, 0.2) is 16.3 Å². The molecule has 0 aliphatic heterocycles. The lowest BCUT2D eigenvalue weighted by atomic mass is 10.4. The van der Waals surface area contributed by atoms with Crippen molar-refractivity contribution >= 4 is 37.3 Å². The van der Waals surface area contributed by atoms with Crippen LogP contribution in [-0.2, 0) is 10.0 Å². The highest BCUT2D eigenvalue weighted by molar-refractivity contribution is 9.09. The molecule has 0 saturated carbocycles. The molecule has 1 heterocycles. The monoisotopic (exact) mass is 297 g/mol. The maximum absolute atomic E-state index is 11.7. The molecule has 1 N–H and O–H groups in total. The molecule has 1 atom stereocenters. The lowest BCUT2D eigenvalue weighted by molar-refractivity contribution is 0.573. The van der Waals surface area contributed by atoms with Crippen molar-refractivity contribution in [2.45, 2.75) is 24.1 Å². The SMILES string of the molecule is Cc1ccc(S(=O)(=O)NC(C)CBr)s1. The number of hydrogen-bond acceptors (Lipinski definition) is 3. The van der Waals surface area contributed by atoms with Crippen LogP contribution in [-0.4, -0.2) is 19.8 Å². The fraction of sp³-hybridized carbons (Fsp3) is 0.500. The topological polar surface area (TPSA) is 46.2 Å². The molecule has 1 rings (SSSR count). The summed E-state index contributed by atoms with van der Waals surface area (Å²) in [6, 6.07) is 3.34. The zero-order chi connectivity index (χ0) is 10.8. The summed E-state index contributed by atoms with van der Waals surface area (Å²) in [5, 5.41) is 0.608. The molecule has 6 heteroatoms. The largest absolute Gasteiger partial charge is 0.250 e. The molecule has 0 spiro atoms. The van der Waals surface area contributed by atoms with Gasteiger partial charge in [-0.3, -0.25) is 0 Å². The summed E-state index contributed by atoms with van der Waals surface area (Å²) in [6.45, 7) is 3.70. The predicted octanol–water partition coefficient (Wildman–Crippen LogP) is 2.12. The Kier molecular flexibility index (Phi) is 4.12. The number of halogens is 1. The van der Waals surface area contributed by atoms with Crippen LogP contribution in [0.1, 0.15) is 11.8 Å². The Morgan fingerprint density at radius 2 is 2.21 bits per heavy atom. The van der Waals surface area contributed by atoms with Gasteiger partial charge in [0.25, 0.3) is 0 Å². The van der Waals surface area contributed by atoms with E-state index in [0.29, 0.717) is 9.54 Å². The first-order chi connectivity index (χ1) is 6.45. The molecule has 80 valence electrons. The molecule has 0 bridgehead atoms. The quantitative estimate of drug-likeness (QED) is 0.866. The smallest absolute Gasteiger partial charge is 0.207 e. The average Bonchev–Trinajstić information content (AvgIpc) is 2.51. The van der Waals surface area contributed by atoms with Crippen LogP contribution in [0.4, 0.5) is 0 Å². The minimum atomic E-state index is -3.31. The van der Waals surface area contributed by atoms with E-state index in [2.05, 4.69) is 20.7 Å². The van der Waals surface area contributed by atoms with Crippen molar-refractivity contribution in [1.82, 2.24) is 4.72 Å². The van der Waals surface area contributed by atoms with Gasteiger partial charge in [0.05, 0.1) is 0 Å². The highest BCUT2D eigenvalue weighted by Gasteiger charge is 2.18. The number of alkyl halides is 1. The first kappa shape index (κ1) is 12.2. The number of thiophene rings is 1. The molecule has 1 unspecified atom stereocenters. The summed E-state index contributed by atoms with van der Waals surface area (Å²) in [4.78, 5) is 0.997. The maximum Gasteiger partial charge on any atom is 0.250 e. The standard InChI is InChI=1S/C8H12BrNO2S2/c1-6(5-9)10-14(11,12)8-4-3-7(2)13-8/h3-4,6,10H,5H2,1-2H3. The van der Waals surface area contributed by atoms with E-state index in [1.165, 1.54) is 11.3 Å². The Hall–Kier alpha value is 0.0900. The highest BCUT2D eigenvalue weighted by atomic mass is 79.9. The predicted molar refractivity (Wildman–Crippen MR) is 62.6 cm³/mol. The zero-order valence-corrected chi connectivity index (χ0v) is 11.2. The average molecular weight is 298 g/mol. The Morgan fingerprint density at radius 1 is 1.57 bits per heavy atom. The van der Waals surface area contributed by atoms with E-state index in [4.69, 9.17) is 0 Å². The molecule has 0 fully saturated rings. The minimum absolute atomic E-state index is 0.0950. The lowest BCUT2D eigenvalue weighted by Crippen LogP contribution is -2.33.